The van der Waals surface area contributed by atoms with Gasteiger partial charge in [0.25, 0.3) is 0 Å². The van der Waals surface area contributed by atoms with Crippen molar-refractivity contribution in [1.82, 2.24) is 15.1 Å². The molecule has 1 unspecified atom stereocenters. The van der Waals surface area contributed by atoms with E-state index in [1.165, 1.54) is 23.8 Å². The van der Waals surface area contributed by atoms with E-state index in [1.54, 1.807) is 0 Å². The molecule has 0 radical (unpaired) electrons. The second-order valence-electron chi connectivity index (χ2n) is 6.40. The Kier molecular flexibility index (Phi) is 5.18. The predicted octanol–water partition coefficient (Wildman–Crippen LogP) is 2.17. The summed E-state index contributed by atoms with van der Waals surface area (Å²) in [5.41, 5.74) is 4.06. The van der Waals surface area contributed by atoms with Gasteiger partial charge >= 0.3 is 6.09 Å². The topological polar surface area (TPSA) is 44.8 Å². The van der Waals surface area contributed by atoms with Gasteiger partial charge in [-0.15, -0.1) is 0 Å². The monoisotopic (exact) mass is 317 g/mol. The molecule has 2 aliphatic heterocycles. The zero-order chi connectivity index (χ0) is 16.2. The number of amides is 1. The fourth-order valence-corrected chi connectivity index (χ4v) is 3.77. The fraction of sp³-hybridized carbons (Fsp3) is 0.611. The molecule has 2 aliphatic rings. The number of ether oxygens (including phenoxy) is 1. The summed E-state index contributed by atoms with van der Waals surface area (Å²) in [4.78, 5) is 16.3. The Balaban J connectivity index is 1.76. The van der Waals surface area contributed by atoms with Crippen molar-refractivity contribution >= 4 is 6.09 Å². The molecule has 1 aromatic carbocycles. The zero-order valence-electron chi connectivity index (χ0n) is 14.2. The van der Waals surface area contributed by atoms with Crippen LogP contribution in [0, 0.1) is 0 Å². The minimum Gasteiger partial charge on any atom is -0.453 e. The summed E-state index contributed by atoms with van der Waals surface area (Å²) in [5.74, 6) is 0. The Morgan fingerprint density at radius 1 is 1.30 bits per heavy atom. The number of fused-ring (bicyclic) bond motifs is 1. The largest absolute Gasteiger partial charge is 0.453 e. The molecule has 1 fully saturated rings. The standard InChI is InChI=1S/C18H27N3O2/c1-3-17-16-5-4-14(13-20-10-7-19-8-11-20)12-15(16)6-9-21(17)18(22)23-2/h4-5,12,17,19H,3,6-11,13H2,1-2H3. The number of carbonyl (C=O) groups excluding carboxylic acids is 1. The Labute approximate surface area is 138 Å². The van der Waals surface area contributed by atoms with E-state index in [0.717, 1.165) is 52.1 Å². The summed E-state index contributed by atoms with van der Waals surface area (Å²) >= 11 is 0. The van der Waals surface area contributed by atoms with Crippen molar-refractivity contribution in [2.45, 2.75) is 32.4 Å². The predicted molar refractivity (Wildman–Crippen MR) is 90.4 cm³/mol. The molecule has 0 saturated carbocycles. The zero-order valence-corrected chi connectivity index (χ0v) is 14.2. The minimum absolute atomic E-state index is 0.138. The Morgan fingerprint density at radius 2 is 2.09 bits per heavy atom. The number of hydrogen-bond donors (Lipinski definition) is 1. The summed E-state index contributed by atoms with van der Waals surface area (Å²) in [5, 5.41) is 3.39. The normalized spacial score (nSPS) is 21.8. The Hall–Kier alpha value is -1.59. The Bertz CT molecular complexity index is 555. The molecule has 1 N–H and O–H groups in total. The van der Waals surface area contributed by atoms with Gasteiger partial charge in [0.05, 0.1) is 13.2 Å². The number of hydrogen-bond acceptors (Lipinski definition) is 4. The lowest BCUT2D eigenvalue weighted by Gasteiger charge is -2.36. The maximum absolute atomic E-state index is 12.0. The molecule has 5 heteroatoms. The molecule has 0 aliphatic carbocycles. The highest BCUT2D eigenvalue weighted by Crippen LogP contribution is 2.33. The van der Waals surface area contributed by atoms with Crippen LogP contribution in [0.5, 0.6) is 0 Å². The first-order valence-electron chi connectivity index (χ1n) is 8.62. The van der Waals surface area contributed by atoms with Gasteiger partial charge in [-0.05, 0) is 29.5 Å². The van der Waals surface area contributed by atoms with Gasteiger partial charge < -0.3 is 15.0 Å². The van der Waals surface area contributed by atoms with Crippen molar-refractivity contribution in [3.05, 3.63) is 34.9 Å². The van der Waals surface area contributed by atoms with Crippen molar-refractivity contribution < 1.29 is 9.53 Å². The van der Waals surface area contributed by atoms with Crippen LogP contribution in [0.4, 0.5) is 4.79 Å². The molecule has 3 rings (SSSR count). The molecule has 0 aromatic heterocycles. The number of piperazine rings is 1. The van der Waals surface area contributed by atoms with Crippen LogP contribution in [0.15, 0.2) is 18.2 Å². The fourth-order valence-electron chi connectivity index (χ4n) is 3.77. The lowest BCUT2D eigenvalue weighted by Crippen LogP contribution is -2.43. The van der Waals surface area contributed by atoms with E-state index in [4.69, 9.17) is 4.74 Å². The first kappa shape index (κ1) is 16.3. The number of nitrogens with one attached hydrogen (secondary N) is 1. The van der Waals surface area contributed by atoms with Crippen LogP contribution >= 0.6 is 0 Å². The summed E-state index contributed by atoms with van der Waals surface area (Å²) in [6.45, 7) is 8.29. The van der Waals surface area contributed by atoms with Crippen LogP contribution in [0.3, 0.4) is 0 Å². The molecule has 1 amide bonds. The molecule has 0 bridgehead atoms. The maximum Gasteiger partial charge on any atom is 0.410 e. The summed E-state index contributed by atoms with van der Waals surface area (Å²) in [6.07, 6.45) is 1.61. The molecule has 23 heavy (non-hydrogen) atoms. The van der Waals surface area contributed by atoms with Gasteiger partial charge in [-0.2, -0.15) is 0 Å². The molecular formula is C18H27N3O2. The first-order chi connectivity index (χ1) is 11.2. The van der Waals surface area contributed by atoms with E-state index in [9.17, 15) is 4.79 Å². The smallest absolute Gasteiger partial charge is 0.410 e. The van der Waals surface area contributed by atoms with Crippen LogP contribution in [-0.4, -0.2) is 55.7 Å². The molecule has 1 aromatic rings. The molecular weight excluding hydrogens is 290 g/mol. The third-order valence-corrected chi connectivity index (χ3v) is 4.98. The quantitative estimate of drug-likeness (QED) is 0.928. The third kappa shape index (κ3) is 3.51. The van der Waals surface area contributed by atoms with Crippen LogP contribution in [0.1, 0.15) is 36.1 Å². The molecule has 0 spiro atoms. The highest BCUT2D eigenvalue weighted by molar-refractivity contribution is 5.69. The number of rotatable bonds is 3. The van der Waals surface area contributed by atoms with Gasteiger partial charge in [0.2, 0.25) is 0 Å². The van der Waals surface area contributed by atoms with Gasteiger partial charge in [0.15, 0.2) is 0 Å². The lowest BCUT2D eigenvalue weighted by atomic mass is 9.90. The number of nitrogens with zero attached hydrogens (tertiary/aromatic N) is 2. The highest BCUT2D eigenvalue weighted by Gasteiger charge is 2.30. The summed E-state index contributed by atoms with van der Waals surface area (Å²) in [7, 11) is 1.46. The summed E-state index contributed by atoms with van der Waals surface area (Å²) in [6, 6.07) is 6.93. The average Bonchev–Trinajstić information content (AvgIpc) is 2.60. The average molecular weight is 317 g/mol. The van der Waals surface area contributed by atoms with Crippen LogP contribution < -0.4 is 5.32 Å². The Morgan fingerprint density at radius 3 is 2.78 bits per heavy atom. The lowest BCUT2D eigenvalue weighted by molar-refractivity contribution is 0.0995. The molecule has 126 valence electrons. The number of methoxy groups -OCH3 is 1. The van der Waals surface area contributed by atoms with Crippen molar-refractivity contribution in [3.8, 4) is 0 Å². The molecule has 5 nitrogen and oxygen atoms in total. The van der Waals surface area contributed by atoms with Gasteiger partial charge in [-0.25, -0.2) is 4.79 Å². The van der Waals surface area contributed by atoms with Gasteiger partial charge in [0.1, 0.15) is 0 Å². The van der Waals surface area contributed by atoms with E-state index in [0.29, 0.717) is 0 Å². The molecule has 1 saturated heterocycles. The molecule has 1 atom stereocenters. The van der Waals surface area contributed by atoms with E-state index in [2.05, 4.69) is 35.3 Å². The van der Waals surface area contributed by atoms with Crippen LogP contribution in [0.25, 0.3) is 0 Å². The van der Waals surface area contributed by atoms with Crippen molar-refractivity contribution in [1.29, 1.82) is 0 Å². The number of carbonyl (C=O) groups is 1. The second-order valence-corrected chi connectivity index (χ2v) is 6.40. The van der Waals surface area contributed by atoms with Crippen LogP contribution in [-0.2, 0) is 17.7 Å². The first-order valence-corrected chi connectivity index (χ1v) is 8.62. The van der Waals surface area contributed by atoms with E-state index in [1.807, 2.05) is 4.90 Å². The van der Waals surface area contributed by atoms with Gasteiger partial charge in [-0.3, -0.25) is 4.90 Å². The minimum atomic E-state index is -0.215. The third-order valence-electron chi connectivity index (χ3n) is 4.98. The van der Waals surface area contributed by atoms with Gasteiger partial charge in [-0.1, -0.05) is 25.1 Å². The highest BCUT2D eigenvalue weighted by atomic mass is 16.5. The van der Waals surface area contributed by atoms with Crippen molar-refractivity contribution in [2.75, 3.05) is 39.8 Å². The van der Waals surface area contributed by atoms with E-state index in [-0.39, 0.29) is 12.1 Å². The maximum atomic E-state index is 12.0. The second kappa shape index (κ2) is 7.32. The van der Waals surface area contributed by atoms with Crippen molar-refractivity contribution in [3.63, 3.8) is 0 Å². The van der Waals surface area contributed by atoms with Crippen LogP contribution in [0.2, 0.25) is 0 Å². The van der Waals surface area contributed by atoms with E-state index < -0.39 is 0 Å². The van der Waals surface area contributed by atoms with Gasteiger partial charge in [0, 0.05) is 39.3 Å². The van der Waals surface area contributed by atoms with E-state index >= 15 is 0 Å². The number of benzene rings is 1. The SMILES string of the molecule is CCC1c2ccc(CN3CCNCC3)cc2CCN1C(=O)OC. The molecule has 2 heterocycles. The van der Waals surface area contributed by atoms with Crippen molar-refractivity contribution in [2.24, 2.45) is 0 Å². The summed E-state index contributed by atoms with van der Waals surface area (Å²) < 4.78 is 4.94.